The second kappa shape index (κ2) is 8.67. The summed E-state index contributed by atoms with van der Waals surface area (Å²) in [4.78, 5) is 9.77. The van der Waals surface area contributed by atoms with E-state index in [4.69, 9.17) is 4.11 Å². The maximum Gasteiger partial charge on any atom is 0.214 e. The molecule has 3 aromatic rings. The molecule has 35 heavy (non-hydrogen) atoms. The number of rotatable bonds is 5. The van der Waals surface area contributed by atoms with Gasteiger partial charge in [-0.2, -0.15) is 4.39 Å². The molecule has 2 aromatic heterocycles. The summed E-state index contributed by atoms with van der Waals surface area (Å²) in [6.07, 6.45) is 0.375. The van der Waals surface area contributed by atoms with Crippen molar-refractivity contribution in [3.63, 3.8) is 0 Å². The Balaban J connectivity index is 1.36. The van der Waals surface area contributed by atoms with E-state index in [9.17, 15) is 9.50 Å². The minimum atomic E-state index is -2.37. The van der Waals surface area contributed by atoms with Gasteiger partial charge in [0.2, 0.25) is 5.95 Å². The van der Waals surface area contributed by atoms with Crippen LogP contribution < -0.4 is 10.2 Å². The van der Waals surface area contributed by atoms with Crippen molar-refractivity contribution < 1.29 is 18.0 Å². The molecule has 184 valence electrons. The number of pyridine rings is 1. The average Bonchev–Trinajstić information content (AvgIpc) is 3.11. The van der Waals surface area contributed by atoms with Crippen molar-refractivity contribution in [2.45, 2.75) is 61.4 Å². The third-order valence-corrected chi connectivity index (χ3v) is 7.66. The van der Waals surface area contributed by atoms with Gasteiger partial charge in [0.1, 0.15) is 11.9 Å². The number of thioether (sulfide) groups is 1. The summed E-state index contributed by atoms with van der Waals surface area (Å²) >= 11 is 0.472. The van der Waals surface area contributed by atoms with Crippen molar-refractivity contribution in [3.05, 3.63) is 42.5 Å². The Bertz CT molecular complexity index is 1360. The van der Waals surface area contributed by atoms with Crippen LogP contribution in [0.4, 0.5) is 14.6 Å². The number of benzene rings is 1. The first-order chi connectivity index (χ1) is 17.8. The minimum absolute atomic E-state index is 0.0102. The first-order valence-electron chi connectivity index (χ1n) is 12.8. The van der Waals surface area contributed by atoms with E-state index in [-0.39, 0.29) is 28.2 Å². The lowest BCUT2D eigenvalue weighted by Gasteiger charge is -2.47. The molecule has 1 aromatic carbocycles. The number of nitrogens with one attached hydrogen (secondary N) is 1. The van der Waals surface area contributed by atoms with Gasteiger partial charge in [-0.3, -0.25) is 0 Å². The van der Waals surface area contributed by atoms with Gasteiger partial charge in [-0.25, -0.2) is 14.4 Å². The predicted octanol–water partition coefficient (Wildman–Crippen LogP) is 4.61. The Kier molecular flexibility index (Phi) is 5.04. The lowest BCUT2D eigenvalue weighted by atomic mass is 9.82. The Morgan fingerprint density at radius 3 is 2.74 bits per heavy atom. The molecule has 10 heteroatoms. The summed E-state index contributed by atoms with van der Waals surface area (Å²) in [5, 5.41) is 22.6. The lowest BCUT2D eigenvalue weighted by Crippen LogP contribution is -2.65. The highest BCUT2D eigenvalue weighted by molar-refractivity contribution is 7.98. The van der Waals surface area contributed by atoms with Gasteiger partial charge >= 0.3 is 0 Å². The molecule has 2 saturated heterocycles. The fourth-order valence-corrected chi connectivity index (χ4v) is 5.67. The van der Waals surface area contributed by atoms with Crippen LogP contribution in [0.15, 0.2) is 41.6 Å². The number of piperidine rings is 1. The SMILES string of the molecule is [2H]C([2H])([2H])Sc1cc(-c2ccc(-c3ncc(N(C)[C@H]4C[C@]5(C)CC[C@@](C)(N5)[C@H]4F)nn3)c(O)c2)cc(F)n1. The van der Waals surface area contributed by atoms with E-state index in [1.54, 1.807) is 24.1 Å². The molecule has 2 bridgehead atoms. The molecule has 5 rings (SSSR count). The summed E-state index contributed by atoms with van der Waals surface area (Å²) in [6.45, 7) is 4.05. The van der Waals surface area contributed by atoms with Gasteiger partial charge in [-0.15, -0.1) is 22.0 Å². The average molecular weight is 502 g/mol. The molecule has 0 radical (unpaired) electrons. The van der Waals surface area contributed by atoms with Gasteiger partial charge in [0.05, 0.1) is 22.8 Å². The van der Waals surface area contributed by atoms with E-state index in [1.807, 2.05) is 6.92 Å². The molecule has 2 aliphatic rings. The number of alkyl halides is 1. The third-order valence-electron chi connectivity index (χ3n) is 7.25. The summed E-state index contributed by atoms with van der Waals surface area (Å²) < 4.78 is 51.6. The molecular formula is C25H28F2N6OS. The lowest BCUT2D eigenvalue weighted by molar-refractivity contribution is 0.0859. The molecular weight excluding hydrogens is 470 g/mol. The Labute approximate surface area is 211 Å². The Morgan fingerprint density at radius 1 is 1.20 bits per heavy atom. The number of aromatic nitrogens is 4. The van der Waals surface area contributed by atoms with Crippen LogP contribution in [-0.4, -0.2) is 61.8 Å². The van der Waals surface area contributed by atoms with Crippen molar-refractivity contribution >= 4 is 17.6 Å². The minimum Gasteiger partial charge on any atom is -0.507 e. The van der Waals surface area contributed by atoms with Crippen LogP contribution >= 0.6 is 11.8 Å². The molecule has 0 saturated carbocycles. The summed E-state index contributed by atoms with van der Waals surface area (Å²) in [5.41, 5.74) is 0.422. The number of hydrogen-bond acceptors (Lipinski definition) is 8. The maximum absolute atomic E-state index is 15.5. The number of phenols is 1. The molecule has 7 nitrogen and oxygen atoms in total. The van der Waals surface area contributed by atoms with E-state index >= 15 is 4.39 Å². The molecule has 0 unspecified atom stereocenters. The number of anilines is 1. The van der Waals surface area contributed by atoms with Crippen LogP contribution in [0.1, 0.15) is 37.2 Å². The van der Waals surface area contributed by atoms with Crippen molar-refractivity contribution in [2.75, 3.05) is 18.1 Å². The van der Waals surface area contributed by atoms with Gasteiger partial charge < -0.3 is 15.3 Å². The molecule has 2 aliphatic heterocycles. The Morgan fingerprint density at radius 2 is 2.03 bits per heavy atom. The number of nitrogens with zero attached hydrogens (tertiary/aromatic N) is 5. The van der Waals surface area contributed by atoms with Crippen LogP contribution in [0.2, 0.25) is 0 Å². The molecule has 0 spiro atoms. The molecule has 2 N–H and O–H groups in total. The van der Waals surface area contributed by atoms with E-state index < -0.39 is 23.8 Å². The fourth-order valence-electron chi connectivity index (χ4n) is 5.35. The second-order valence-electron chi connectivity index (χ2n) is 9.88. The number of fused-ring (bicyclic) bond motifs is 2. The number of halogens is 2. The van der Waals surface area contributed by atoms with E-state index in [0.29, 0.717) is 40.7 Å². The van der Waals surface area contributed by atoms with E-state index in [0.717, 1.165) is 18.9 Å². The van der Waals surface area contributed by atoms with Crippen LogP contribution in [-0.2, 0) is 0 Å². The monoisotopic (exact) mass is 501 g/mol. The number of hydrogen-bond donors (Lipinski definition) is 2. The van der Waals surface area contributed by atoms with Crippen LogP contribution in [0.5, 0.6) is 5.75 Å². The molecule has 2 fully saturated rings. The van der Waals surface area contributed by atoms with E-state index in [1.165, 1.54) is 18.3 Å². The highest BCUT2D eigenvalue weighted by Crippen LogP contribution is 2.45. The third kappa shape index (κ3) is 4.33. The van der Waals surface area contributed by atoms with Crippen LogP contribution in [0.3, 0.4) is 0 Å². The van der Waals surface area contributed by atoms with Crippen molar-refractivity contribution in [2.24, 2.45) is 0 Å². The summed E-state index contributed by atoms with van der Waals surface area (Å²) in [6, 6.07) is 6.85. The van der Waals surface area contributed by atoms with Crippen molar-refractivity contribution in [1.29, 1.82) is 0 Å². The zero-order valence-electron chi connectivity index (χ0n) is 22.6. The standard InChI is InChI=1S/C25H28F2N6OS/c1-24-7-8-25(2,32-24)22(27)17(12-24)33(3)20-13-28-23(31-30-20)16-6-5-14(9-18(16)34)15-10-19(26)29-21(11-15)35-4/h5-6,9-11,13,17,22,32,34H,7-8,12H2,1-4H3/t17-,22-,24-,25+/m0/s1/i4D3. The van der Waals surface area contributed by atoms with Gasteiger partial charge in [0.25, 0.3) is 0 Å². The predicted molar refractivity (Wildman–Crippen MR) is 133 cm³/mol. The summed E-state index contributed by atoms with van der Waals surface area (Å²) in [7, 11) is 1.79. The Hall–Kier alpha value is -2.85. The van der Waals surface area contributed by atoms with Gasteiger partial charge in [-0.1, -0.05) is 6.07 Å². The number of aromatic hydroxyl groups is 1. The first kappa shape index (κ1) is 20.4. The second-order valence-corrected chi connectivity index (χ2v) is 10.5. The molecule has 4 atom stereocenters. The number of phenolic OH excluding ortho intramolecular Hbond substituents is 1. The topological polar surface area (TPSA) is 87.1 Å². The molecule has 0 amide bonds. The molecule has 4 heterocycles. The van der Waals surface area contributed by atoms with Gasteiger partial charge in [0, 0.05) is 28.3 Å². The molecule has 0 aliphatic carbocycles. The quantitative estimate of drug-likeness (QED) is 0.387. The fraction of sp³-hybridized carbons (Fsp3) is 0.440. The smallest absolute Gasteiger partial charge is 0.214 e. The highest BCUT2D eigenvalue weighted by atomic mass is 32.2. The highest BCUT2D eigenvalue weighted by Gasteiger charge is 2.56. The van der Waals surface area contributed by atoms with Gasteiger partial charge in [-0.05, 0) is 68.6 Å². The van der Waals surface area contributed by atoms with Gasteiger partial charge in [0.15, 0.2) is 11.6 Å². The summed E-state index contributed by atoms with van der Waals surface area (Å²) in [5.74, 6) is -0.387. The largest absolute Gasteiger partial charge is 0.507 e. The van der Waals surface area contributed by atoms with Crippen molar-refractivity contribution in [3.8, 4) is 28.3 Å². The van der Waals surface area contributed by atoms with Crippen LogP contribution in [0, 0.1) is 5.95 Å². The first-order valence-corrected chi connectivity index (χ1v) is 12.1. The van der Waals surface area contributed by atoms with Crippen molar-refractivity contribution in [1.82, 2.24) is 25.5 Å². The zero-order chi connectivity index (χ0) is 27.5. The van der Waals surface area contributed by atoms with Crippen LogP contribution in [0.25, 0.3) is 22.5 Å². The van der Waals surface area contributed by atoms with E-state index in [2.05, 4.69) is 32.4 Å². The maximum atomic E-state index is 15.5. The zero-order valence-corrected chi connectivity index (χ0v) is 20.4. The normalized spacial score (nSPS) is 29.3.